The van der Waals surface area contributed by atoms with Gasteiger partial charge in [0.15, 0.2) is 0 Å². The van der Waals surface area contributed by atoms with Crippen LogP contribution in [0.5, 0.6) is 5.75 Å². The lowest BCUT2D eigenvalue weighted by atomic mass is 9.95. The van der Waals surface area contributed by atoms with Crippen molar-refractivity contribution < 1.29 is 29.1 Å². The number of carbonyl (C=O) groups excluding carboxylic acids is 2. The molecule has 1 aliphatic rings. The zero-order chi connectivity index (χ0) is 23.3. The van der Waals surface area contributed by atoms with Crippen LogP contribution in [0.2, 0.25) is 0 Å². The van der Waals surface area contributed by atoms with Gasteiger partial charge in [0.1, 0.15) is 11.5 Å². The van der Waals surface area contributed by atoms with Crippen LogP contribution in [-0.2, 0) is 14.3 Å². The van der Waals surface area contributed by atoms with Crippen molar-refractivity contribution in [3.05, 3.63) is 75.3 Å². The Morgan fingerprint density at radius 3 is 2.50 bits per heavy atom. The Hall–Kier alpha value is -3.72. The first-order valence-electron chi connectivity index (χ1n) is 10.1. The maximum atomic E-state index is 12.9. The van der Waals surface area contributed by atoms with Crippen molar-refractivity contribution in [1.82, 2.24) is 4.90 Å². The lowest BCUT2D eigenvalue weighted by Gasteiger charge is -2.25. The molecule has 3 rings (SSSR count). The van der Waals surface area contributed by atoms with E-state index in [4.69, 9.17) is 9.47 Å². The number of non-ortho nitro benzene ring substituents is 1. The third kappa shape index (κ3) is 4.62. The van der Waals surface area contributed by atoms with Crippen LogP contribution in [0.1, 0.15) is 30.5 Å². The van der Waals surface area contributed by atoms with E-state index in [1.807, 2.05) is 6.92 Å². The maximum absolute atomic E-state index is 12.9. The molecule has 0 saturated carbocycles. The number of hydrogen-bond donors (Lipinski definition) is 1. The van der Waals surface area contributed by atoms with Crippen molar-refractivity contribution in [1.29, 1.82) is 0 Å². The first-order valence-corrected chi connectivity index (χ1v) is 10.1. The predicted molar refractivity (Wildman–Crippen MR) is 116 cm³/mol. The molecule has 0 aromatic heterocycles. The summed E-state index contributed by atoms with van der Waals surface area (Å²) in [5.74, 6) is -1.41. The highest BCUT2D eigenvalue weighted by molar-refractivity contribution is 6.46. The molecule has 1 amide bonds. The Morgan fingerprint density at radius 2 is 1.88 bits per heavy atom. The largest absolute Gasteiger partial charge is 0.507 e. The number of nitro groups is 1. The number of rotatable bonds is 9. The number of aliphatic hydroxyl groups is 1. The fourth-order valence-electron chi connectivity index (χ4n) is 3.54. The molecule has 32 heavy (non-hydrogen) atoms. The number of hydrogen-bond acceptors (Lipinski definition) is 7. The first kappa shape index (κ1) is 23.0. The molecule has 9 heteroatoms. The number of nitrogens with zero attached hydrogens (tertiary/aromatic N) is 2. The molecule has 9 nitrogen and oxygen atoms in total. The van der Waals surface area contributed by atoms with E-state index in [0.29, 0.717) is 17.9 Å². The second-order valence-corrected chi connectivity index (χ2v) is 7.21. The summed E-state index contributed by atoms with van der Waals surface area (Å²) in [6.45, 7) is 2.83. The smallest absolute Gasteiger partial charge is 0.295 e. The number of aliphatic hydroxyl groups excluding tert-OH is 1. The van der Waals surface area contributed by atoms with Crippen LogP contribution in [0.25, 0.3) is 5.76 Å². The molecule has 0 spiro atoms. The van der Waals surface area contributed by atoms with Crippen molar-refractivity contribution >= 4 is 23.1 Å². The van der Waals surface area contributed by atoms with Gasteiger partial charge in [0.25, 0.3) is 17.4 Å². The quantitative estimate of drug-likeness (QED) is 0.208. The average Bonchev–Trinajstić information content (AvgIpc) is 3.06. The lowest BCUT2D eigenvalue weighted by Crippen LogP contribution is -2.32. The Kier molecular flexibility index (Phi) is 7.21. The summed E-state index contributed by atoms with van der Waals surface area (Å²) in [6.07, 6.45) is 0.816. The highest BCUT2D eigenvalue weighted by Crippen LogP contribution is 2.40. The summed E-state index contributed by atoms with van der Waals surface area (Å²) < 4.78 is 10.8. The molecular weight excluding hydrogens is 416 g/mol. The highest BCUT2D eigenvalue weighted by atomic mass is 16.6. The number of benzene rings is 2. The van der Waals surface area contributed by atoms with Crippen LogP contribution in [-0.4, -0.2) is 53.5 Å². The number of carbonyl (C=O) groups is 2. The second kappa shape index (κ2) is 10.1. The van der Waals surface area contributed by atoms with Gasteiger partial charge in [0.2, 0.25) is 0 Å². The Morgan fingerprint density at radius 1 is 1.16 bits per heavy atom. The SMILES string of the molecule is CCCOc1cccc(C2/C(=C(\O)c3ccc([N+](=O)[O-])cc3)C(=O)C(=O)N2CCOC)c1. The Bertz CT molecular complexity index is 1050. The summed E-state index contributed by atoms with van der Waals surface area (Å²) >= 11 is 0. The third-order valence-corrected chi connectivity index (χ3v) is 5.07. The van der Waals surface area contributed by atoms with Crippen molar-refractivity contribution in [2.45, 2.75) is 19.4 Å². The molecule has 168 valence electrons. The van der Waals surface area contributed by atoms with Crippen molar-refractivity contribution in [3.8, 4) is 5.75 Å². The number of Topliss-reactive ketones (excluding diaryl/α,β-unsaturated/α-hetero) is 1. The van der Waals surface area contributed by atoms with E-state index in [9.17, 15) is 24.8 Å². The van der Waals surface area contributed by atoms with Crippen LogP contribution >= 0.6 is 0 Å². The van der Waals surface area contributed by atoms with Crippen molar-refractivity contribution in [2.75, 3.05) is 26.9 Å². The molecule has 2 aromatic carbocycles. The van der Waals surface area contributed by atoms with Crippen LogP contribution in [0, 0.1) is 10.1 Å². The zero-order valence-electron chi connectivity index (χ0n) is 17.8. The van der Waals surface area contributed by atoms with E-state index in [1.165, 1.54) is 36.3 Å². The molecule has 0 bridgehead atoms. The molecule has 1 atom stereocenters. The number of nitro benzene ring substituents is 1. The number of ketones is 1. The zero-order valence-corrected chi connectivity index (χ0v) is 17.8. The third-order valence-electron chi connectivity index (χ3n) is 5.07. The average molecular weight is 440 g/mol. The number of methoxy groups -OCH3 is 1. The van der Waals surface area contributed by atoms with E-state index in [2.05, 4.69) is 0 Å². The lowest BCUT2D eigenvalue weighted by molar-refractivity contribution is -0.384. The van der Waals surface area contributed by atoms with Crippen molar-refractivity contribution in [2.24, 2.45) is 0 Å². The summed E-state index contributed by atoms with van der Waals surface area (Å²) in [6, 6.07) is 11.3. The fraction of sp³-hybridized carbons (Fsp3) is 0.304. The predicted octanol–water partition coefficient (Wildman–Crippen LogP) is 3.45. The molecule has 0 radical (unpaired) electrons. The van der Waals surface area contributed by atoms with E-state index >= 15 is 0 Å². The first-order chi connectivity index (χ1) is 15.4. The molecule has 2 aromatic rings. The van der Waals surface area contributed by atoms with Gasteiger partial charge in [-0.3, -0.25) is 19.7 Å². The van der Waals surface area contributed by atoms with Gasteiger partial charge in [-0.05, 0) is 36.2 Å². The van der Waals surface area contributed by atoms with E-state index in [1.54, 1.807) is 24.3 Å². The van der Waals surface area contributed by atoms with Crippen LogP contribution in [0.4, 0.5) is 5.69 Å². The normalized spacial score (nSPS) is 17.6. The maximum Gasteiger partial charge on any atom is 0.295 e. The topological polar surface area (TPSA) is 119 Å². The highest BCUT2D eigenvalue weighted by Gasteiger charge is 2.46. The minimum absolute atomic E-state index is 0.0902. The van der Waals surface area contributed by atoms with Gasteiger partial charge in [-0.1, -0.05) is 19.1 Å². The fourth-order valence-corrected chi connectivity index (χ4v) is 3.54. The molecule has 1 N–H and O–H groups in total. The summed E-state index contributed by atoms with van der Waals surface area (Å²) in [5.41, 5.74) is 0.549. The molecule has 1 heterocycles. The van der Waals surface area contributed by atoms with Gasteiger partial charge in [0.05, 0.1) is 29.8 Å². The number of ether oxygens (including phenoxy) is 2. The van der Waals surface area contributed by atoms with Gasteiger partial charge >= 0.3 is 0 Å². The molecular formula is C23H24N2O7. The van der Waals surface area contributed by atoms with E-state index in [0.717, 1.165) is 6.42 Å². The Balaban J connectivity index is 2.11. The molecule has 1 unspecified atom stereocenters. The molecule has 1 saturated heterocycles. The van der Waals surface area contributed by atoms with Gasteiger partial charge in [-0.2, -0.15) is 0 Å². The summed E-state index contributed by atoms with van der Waals surface area (Å²) in [5, 5.41) is 21.9. The van der Waals surface area contributed by atoms with Gasteiger partial charge < -0.3 is 19.5 Å². The number of likely N-dealkylation sites (tertiary alicyclic amines) is 1. The van der Waals surface area contributed by atoms with Gasteiger partial charge in [0, 0.05) is 31.4 Å². The minimum atomic E-state index is -0.856. The molecule has 1 fully saturated rings. The van der Waals surface area contributed by atoms with Gasteiger partial charge in [-0.15, -0.1) is 0 Å². The molecule has 0 aliphatic carbocycles. The summed E-state index contributed by atoms with van der Waals surface area (Å²) in [4.78, 5) is 37.4. The van der Waals surface area contributed by atoms with E-state index < -0.39 is 28.4 Å². The van der Waals surface area contributed by atoms with Crippen molar-refractivity contribution in [3.63, 3.8) is 0 Å². The second-order valence-electron chi connectivity index (χ2n) is 7.21. The monoisotopic (exact) mass is 440 g/mol. The van der Waals surface area contributed by atoms with Crippen LogP contribution < -0.4 is 4.74 Å². The summed E-state index contributed by atoms with van der Waals surface area (Å²) in [7, 11) is 1.49. The number of amides is 1. The standard InChI is InChI=1S/C23H24N2O7/c1-3-12-32-18-6-4-5-16(14-18)20-19(22(27)23(28)24(20)11-13-31-2)21(26)15-7-9-17(10-8-15)25(29)30/h4-10,14,20,26H,3,11-13H2,1-2H3/b21-19+. The molecule has 1 aliphatic heterocycles. The van der Waals surface area contributed by atoms with Crippen LogP contribution in [0.15, 0.2) is 54.1 Å². The minimum Gasteiger partial charge on any atom is -0.507 e. The van der Waals surface area contributed by atoms with Crippen LogP contribution in [0.3, 0.4) is 0 Å². The van der Waals surface area contributed by atoms with E-state index in [-0.39, 0.29) is 30.0 Å². The Labute approximate surface area is 185 Å². The van der Waals surface area contributed by atoms with Gasteiger partial charge in [-0.25, -0.2) is 0 Å².